The van der Waals surface area contributed by atoms with Crippen LogP contribution in [0.1, 0.15) is 37.0 Å². The fourth-order valence-corrected chi connectivity index (χ4v) is 3.32. The molecule has 5 heteroatoms. The van der Waals surface area contributed by atoms with Gasteiger partial charge in [-0.2, -0.15) is 0 Å². The van der Waals surface area contributed by atoms with Crippen molar-refractivity contribution in [2.24, 2.45) is 5.92 Å². The van der Waals surface area contributed by atoms with E-state index in [1.54, 1.807) is 24.3 Å². The number of Topliss-reactive ketones (excluding diaryl/α,β-unsaturated/α-hetero) is 1. The molecule has 0 radical (unpaired) electrons. The summed E-state index contributed by atoms with van der Waals surface area (Å²) in [6.07, 6.45) is 2.27. The van der Waals surface area contributed by atoms with Gasteiger partial charge in [0.2, 0.25) is 0 Å². The van der Waals surface area contributed by atoms with Crippen molar-refractivity contribution < 1.29 is 14.3 Å². The van der Waals surface area contributed by atoms with Gasteiger partial charge in [0.05, 0.1) is 0 Å². The number of hydrogen-bond donors (Lipinski definition) is 0. The van der Waals surface area contributed by atoms with Gasteiger partial charge in [0.1, 0.15) is 5.75 Å². The lowest BCUT2D eigenvalue weighted by molar-refractivity contribution is -0.132. The molecule has 24 heavy (non-hydrogen) atoms. The molecule has 1 fully saturated rings. The van der Waals surface area contributed by atoms with E-state index in [1.807, 2.05) is 4.90 Å². The van der Waals surface area contributed by atoms with Gasteiger partial charge < -0.3 is 14.5 Å². The summed E-state index contributed by atoms with van der Waals surface area (Å²) in [7, 11) is 4.16. The van der Waals surface area contributed by atoms with Gasteiger partial charge in [-0.05, 0) is 57.6 Å². The molecule has 0 aromatic heterocycles. The molecule has 132 valence electrons. The van der Waals surface area contributed by atoms with E-state index in [-0.39, 0.29) is 18.3 Å². The van der Waals surface area contributed by atoms with Gasteiger partial charge in [-0.1, -0.05) is 13.3 Å². The number of likely N-dealkylation sites (N-methyl/N-ethyl adjacent to an activating group) is 1. The molecule has 0 N–H and O–H groups in total. The Balaban J connectivity index is 1.89. The van der Waals surface area contributed by atoms with E-state index in [0.29, 0.717) is 23.3 Å². The lowest BCUT2D eigenvalue weighted by Gasteiger charge is -2.24. The molecule has 1 aromatic rings. The fraction of sp³-hybridized carbons (Fsp3) is 0.579. The van der Waals surface area contributed by atoms with Crippen molar-refractivity contribution in [3.05, 3.63) is 29.8 Å². The summed E-state index contributed by atoms with van der Waals surface area (Å²) in [6.45, 7) is 5.33. The summed E-state index contributed by atoms with van der Waals surface area (Å²) < 4.78 is 5.59. The van der Waals surface area contributed by atoms with E-state index in [1.165, 1.54) is 6.92 Å². The molecule has 5 nitrogen and oxygen atoms in total. The number of ketones is 1. The predicted octanol–water partition coefficient (Wildman–Crippen LogP) is 2.46. The minimum atomic E-state index is 0.0198. The molecule has 1 aliphatic heterocycles. The van der Waals surface area contributed by atoms with E-state index >= 15 is 0 Å². The van der Waals surface area contributed by atoms with Crippen LogP contribution in [-0.2, 0) is 4.79 Å². The maximum absolute atomic E-state index is 12.4. The molecule has 0 spiro atoms. The van der Waals surface area contributed by atoms with Gasteiger partial charge in [0, 0.05) is 24.7 Å². The quantitative estimate of drug-likeness (QED) is 0.720. The summed E-state index contributed by atoms with van der Waals surface area (Å²) in [5, 5.41) is 0. The van der Waals surface area contributed by atoms with E-state index in [0.717, 1.165) is 25.9 Å². The first-order chi connectivity index (χ1) is 11.4. The molecule has 1 aliphatic rings. The molecular formula is C19H28N2O3. The second kappa shape index (κ2) is 8.29. The number of carbonyl (C=O) groups is 2. The van der Waals surface area contributed by atoms with Crippen molar-refractivity contribution in [2.75, 3.05) is 33.8 Å². The van der Waals surface area contributed by atoms with Crippen molar-refractivity contribution in [3.8, 4) is 5.75 Å². The lowest BCUT2D eigenvalue weighted by Crippen LogP contribution is -2.37. The van der Waals surface area contributed by atoms with Crippen LogP contribution in [0.3, 0.4) is 0 Å². The number of benzene rings is 1. The van der Waals surface area contributed by atoms with Gasteiger partial charge in [0.25, 0.3) is 5.91 Å². The topological polar surface area (TPSA) is 49.9 Å². The van der Waals surface area contributed by atoms with Crippen LogP contribution in [0.5, 0.6) is 5.75 Å². The van der Waals surface area contributed by atoms with Crippen LogP contribution in [0.2, 0.25) is 0 Å². The number of hydrogen-bond acceptors (Lipinski definition) is 4. The second-order valence-corrected chi connectivity index (χ2v) is 6.75. The SMILES string of the molecule is CCCC1CN(C(=O)COc2ccc(C(C)=O)cc2)CC1N(C)C. The first-order valence-electron chi connectivity index (χ1n) is 8.60. The third kappa shape index (κ3) is 4.57. The van der Waals surface area contributed by atoms with Crippen molar-refractivity contribution in [2.45, 2.75) is 32.7 Å². The zero-order valence-electron chi connectivity index (χ0n) is 15.1. The highest BCUT2D eigenvalue weighted by atomic mass is 16.5. The van der Waals surface area contributed by atoms with Crippen LogP contribution in [0, 0.1) is 5.92 Å². The highest BCUT2D eigenvalue weighted by Crippen LogP contribution is 2.25. The molecule has 1 heterocycles. The van der Waals surface area contributed by atoms with E-state index < -0.39 is 0 Å². The molecule has 0 aliphatic carbocycles. The Morgan fingerprint density at radius 3 is 2.42 bits per heavy atom. The number of ether oxygens (including phenoxy) is 1. The van der Waals surface area contributed by atoms with Gasteiger partial charge in [0.15, 0.2) is 12.4 Å². The zero-order chi connectivity index (χ0) is 17.7. The lowest BCUT2D eigenvalue weighted by atomic mass is 9.98. The van der Waals surface area contributed by atoms with Gasteiger partial charge in [-0.15, -0.1) is 0 Å². The Labute approximate surface area is 144 Å². The second-order valence-electron chi connectivity index (χ2n) is 6.75. The third-order valence-corrected chi connectivity index (χ3v) is 4.71. The number of carbonyl (C=O) groups excluding carboxylic acids is 2. The molecule has 1 amide bonds. The Hall–Kier alpha value is -1.88. The largest absolute Gasteiger partial charge is 0.484 e. The van der Waals surface area contributed by atoms with E-state index in [2.05, 4.69) is 25.9 Å². The standard InChI is InChI=1S/C19H28N2O3/c1-5-6-16-11-21(12-18(16)20(3)4)19(23)13-24-17-9-7-15(8-10-17)14(2)22/h7-10,16,18H,5-6,11-13H2,1-4H3. The third-order valence-electron chi connectivity index (χ3n) is 4.71. The average Bonchev–Trinajstić information content (AvgIpc) is 2.97. The minimum Gasteiger partial charge on any atom is -0.484 e. The number of nitrogens with zero attached hydrogens (tertiary/aromatic N) is 2. The smallest absolute Gasteiger partial charge is 0.260 e. The van der Waals surface area contributed by atoms with Crippen LogP contribution in [0.25, 0.3) is 0 Å². The molecule has 2 rings (SSSR count). The number of rotatable bonds is 7. The Bertz CT molecular complexity index is 568. The number of likely N-dealkylation sites (tertiary alicyclic amines) is 1. The maximum atomic E-state index is 12.4. The first kappa shape index (κ1) is 18.5. The minimum absolute atomic E-state index is 0.0198. The van der Waals surface area contributed by atoms with E-state index in [9.17, 15) is 9.59 Å². The van der Waals surface area contributed by atoms with Crippen LogP contribution >= 0.6 is 0 Å². The monoisotopic (exact) mass is 332 g/mol. The molecular weight excluding hydrogens is 304 g/mol. The first-order valence-corrected chi connectivity index (χ1v) is 8.60. The normalized spacial score (nSPS) is 20.5. The van der Waals surface area contributed by atoms with Crippen LogP contribution in [0.15, 0.2) is 24.3 Å². The summed E-state index contributed by atoms with van der Waals surface area (Å²) in [6, 6.07) is 7.32. The fourth-order valence-electron chi connectivity index (χ4n) is 3.32. The molecule has 2 atom stereocenters. The average molecular weight is 332 g/mol. The summed E-state index contributed by atoms with van der Waals surface area (Å²) in [5.41, 5.74) is 0.643. The highest BCUT2D eigenvalue weighted by Gasteiger charge is 2.35. The Morgan fingerprint density at radius 2 is 1.88 bits per heavy atom. The van der Waals surface area contributed by atoms with Gasteiger partial charge in [-0.25, -0.2) is 0 Å². The van der Waals surface area contributed by atoms with Crippen molar-refractivity contribution in [1.82, 2.24) is 9.80 Å². The van der Waals surface area contributed by atoms with Crippen molar-refractivity contribution in [3.63, 3.8) is 0 Å². The van der Waals surface area contributed by atoms with Crippen LogP contribution < -0.4 is 4.74 Å². The van der Waals surface area contributed by atoms with Crippen molar-refractivity contribution >= 4 is 11.7 Å². The zero-order valence-corrected chi connectivity index (χ0v) is 15.1. The molecule has 2 unspecified atom stereocenters. The molecule has 0 saturated carbocycles. The van der Waals surface area contributed by atoms with E-state index in [4.69, 9.17) is 4.74 Å². The van der Waals surface area contributed by atoms with Crippen LogP contribution in [0.4, 0.5) is 0 Å². The predicted molar refractivity (Wildman–Crippen MR) is 94.4 cm³/mol. The molecule has 0 bridgehead atoms. The van der Waals surface area contributed by atoms with Gasteiger partial charge in [-0.3, -0.25) is 9.59 Å². The molecule has 1 saturated heterocycles. The van der Waals surface area contributed by atoms with Crippen molar-refractivity contribution in [1.29, 1.82) is 0 Å². The summed E-state index contributed by atoms with van der Waals surface area (Å²) >= 11 is 0. The number of amides is 1. The summed E-state index contributed by atoms with van der Waals surface area (Å²) in [5.74, 6) is 1.19. The Morgan fingerprint density at radius 1 is 1.21 bits per heavy atom. The van der Waals surface area contributed by atoms with Gasteiger partial charge >= 0.3 is 0 Å². The maximum Gasteiger partial charge on any atom is 0.260 e. The summed E-state index contributed by atoms with van der Waals surface area (Å²) in [4.78, 5) is 27.8. The van der Waals surface area contributed by atoms with Crippen LogP contribution in [-0.4, -0.2) is 61.3 Å². The molecule has 1 aromatic carbocycles. The highest BCUT2D eigenvalue weighted by molar-refractivity contribution is 5.94. The Kier molecular flexibility index (Phi) is 6.37.